The maximum absolute atomic E-state index is 5.93. The van der Waals surface area contributed by atoms with Crippen LogP contribution in [0.3, 0.4) is 0 Å². The molecule has 1 aliphatic heterocycles. The first-order chi connectivity index (χ1) is 11.8. The zero-order chi connectivity index (χ0) is 16.8. The molecule has 0 saturated carbocycles. The fraction of sp³-hybridized carbons (Fsp3) is 0.333. The molecule has 2 aromatic rings. The topological polar surface area (TPSA) is 43.8 Å². The largest absolute Gasteiger partial charge is 0.353 e. The van der Waals surface area contributed by atoms with Crippen LogP contribution in [-0.4, -0.2) is 49.1 Å². The highest BCUT2D eigenvalue weighted by molar-refractivity contribution is 6.30. The van der Waals surface area contributed by atoms with Gasteiger partial charge in [0, 0.05) is 51.0 Å². The predicted molar refractivity (Wildman–Crippen MR) is 99.7 cm³/mol. The van der Waals surface area contributed by atoms with Gasteiger partial charge in [-0.25, -0.2) is 4.98 Å². The average molecular weight is 344 g/mol. The van der Waals surface area contributed by atoms with Crippen molar-refractivity contribution in [2.24, 2.45) is 4.99 Å². The van der Waals surface area contributed by atoms with Gasteiger partial charge in [0.05, 0.1) is 0 Å². The van der Waals surface area contributed by atoms with E-state index in [1.807, 2.05) is 49.6 Å². The molecule has 0 aliphatic carbocycles. The third-order valence-electron chi connectivity index (χ3n) is 4.13. The van der Waals surface area contributed by atoms with Gasteiger partial charge in [0.15, 0.2) is 5.96 Å². The zero-order valence-corrected chi connectivity index (χ0v) is 14.6. The van der Waals surface area contributed by atoms with Crippen LogP contribution in [0.5, 0.6) is 0 Å². The van der Waals surface area contributed by atoms with Gasteiger partial charge in [-0.1, -0.05) is 29.8 Å². The minimum absolute atomic E-state index is 0.740. The Kier molecular flexibility index (Phi) is 5.54. The lowest BCUT2D eigenvalue weighted by Crippen LogP contribution is -2.52. The zero-order valence-electron chi connectivity index (χ0n) is 13.8. The number of nitrogens with zero attached hydrogens (tertiary/aromatic N) is 4. The molecule has 0 radical (unpaired) electrons. The number of hydrogen-bond acceptors (Lipinski definition) is 3. The van der Waals surface area contributed by atoms with Gasteiger partial charge >= 0.3 is 0 Å². The molecule has 6 heteroatoms. The maximum Gasteiger partial charge on any atom is 0.194 e. The van der Waals surface area contributed by atoms with Crippen LogP contribution in [0.25, 0.3) is 0 Å². The number of guanidine groups is 1. The van der Waals surface area contributed by atoms with E-state index < -0.39 is 0 Å². The normalized spacial score (nSPS) is 15.5. The second-order valence-electron chi connectivity index (χ2n) is 5.69. The van der Waals surface area contributed by atoms with E-state index in [0.717, 1.165) is 49.5 Å². The van der Waals surface area contributed by atoms with Crippen molar-refractivity contribution >= 4 is 23.4 Å². The molecule has 0 spiro atoms. The maximum atomic E-state index is 5.93. The second-order valence-corrected chi connectivity index (χ2v) is 6.13. The molecule has 1 aromatic carbocycles. The Bertz CT molecular complexity index is 664. The number of pyridine rings is 1. The Morgan fingerprint density at radius 1 is 1.12 bits per heavy atom. The van der Waals surface area contributed by atoms with E-state index >= 15 is 0 Å². The molecule has 0 unspecified atom stereocenters. The number of aliphatic imine (C=N–C) groups is 1. The molecule has 0 amide bonds. The van der Waals surface area contributed by atoms with Gasteiger partial charge in [-0.3, -0.25) is 4.99 Å². The summed E-state index contributed by atoms with van der Waals surface area (Å²) in [4.78, 5) is 13.4. The summed E-state index contributed by atoms with van der Waals surface area (Å²) in [6.45, 7) is 4.48. The Morgan fingerprint density at radius 2 is 1.88 bits per heavy atom. The Hall–Kier alpha value is -2.27. The summed E-state index contributed by atoms with van der Waals surface area (Å²) in [5.41, 5.74) is 1.19. The van der Waals surface area contributed by atoms with E-state index in [2.05, 4.69) is 31.2 Å². The summed E-state index contributed by atoms with van der Waals surface area (Å²) >= 11 is 5.93. The van der Waals surface area contributed by atoms with Gasteiger partial charge in [-0.15, -0.1) is 0 Å². The van der Waals surface area contributed by atoms with E-state index in [1.54, 1.807) is 0 Å². The molecule has 24 heavy (non-hydrogen) atoms. The number of piperazine rings is 1. The predicted octanol–water partition coefficient (Wildman–Crippen LogP) is 2.63. The van der Waals surface area contributed by atoms with Crippen LogP contribution in [-0.2, 0) is 6.54 Å². The number of aromatic nitrogens is 1. The summed E-state index contributed by atoms with van der Waals surface area (Å²) in [5.74, 6) is 1.98. The molecule has 1 N–H and O–H groups in total. The van der Waals surface area contributed by atoms with Crippen LogP contribution in [0.4, 0.5) is 5.82 Å². The first-order valence-corrected chi connectivity index (χ1v) is 8.50. The Balaban J connectivity index is 1.53. The number of rotatable bonds is 3. The van der Waals surface area contributed by atoms with Gasteiger partial charge in [-0.2, -0.15) is 0 Å². The summed E-state index contributed by atoms with van der Waals surface area (Å²) in [6, 6.07) is 13.9. The van der Waals surface area contributed by atoms with E-state index in [9.17, 15) is 0 Å². The minimum Gasteiger partial charge on any atom is -0.353 e. The van der Waals surface area contributed by atoms with E-state index in [0.29, 0.717) is 0 Å². The van der Waals surface area contributed by atoms with Crippen molar-refractivity contribution in [1.29, 1.82) is 0 Å². The molecule has 1 aromatic heterocycles. The summed E-state index contributed by atoms with van der Waals surface area (Å²) in [5, 5.41) is 4.19. The second kappa shape index (κ2) is 8.02. The fourth-order valence-corrected chi connectivity index (χ4v) is 2.93. The highest BCUT2D eigenvalue weighted by atomic mass is 35.5. The third-order valence-corrected chi connectivity index (χ3v) is 4.38. The quantitative estimate of drug-likeness (QED) is 0.687. The van der Waals surface area contributed by atoms with Crippen LogP contribution in [0.1, 0.15) is 5.56 Å². The van der Waals surface area contributed by atoms with Crippen molar-refractivity contribution in [3.8, 4) is 0 Å². The number of halogens is 1. The van der Waals surface area contributed by atoms with E-state index in [1.165, 1.54) is 5.56 Å². The summed E-state index contributed by atoms with van der Waals surface area (Å²) in [6.07, 6.45) is 1.84. The first-order valence-electron chi connectivity index (χ1n) is 8.12. The van der Waals surface area contributed by atoms with Crippen molar-refractivity contribution in [2.75, 3.05) is 38.1 Å². The van der Waals surface area contributed by atoms with Crippen LogP contribution < -0.4 is 10.2 Å². The Labute approximate surface area is 148 Å². The summed E-state index contributed by atoms with van der Waals surface area (Å²) in [7, 11) is 1.83. The molecule has 5 nitrogen and oxygen atoms in total. The van der Waals surface area contributed by atoms with Crippen LogP contribution >= 0.6 is 11.6 Å². The lowest BCUT2D eigenvalue weighted by molar-refractivity contribution is 0.371. The minimum atomic E-state index is 0.740. The van der Waals surface area contributed by atoms with Crippen molar-refractivity contribution in [3.05, 3.63) is 59.2 Å². The van der Waals surface area contributed by atoms with Crippen LogP contribution in [0.15, 0.2) is 53.7 Å². The molecule has 1 aliphatic rings. The smallest absolute Gasteiger partial charge is 0.194 e. The molecule has 0 bridgehead atoms. The molecule has 1 fully saturated rings. The van der Waals surface area contributed by atoms with Crippen LogP contribution in [0.2, 0.25) is 5.02 Å². The molecule has 0 atom stereocenters. The third kappa shape index (κ3) is 4.17. The van der Waals surface area contributed by atoms with E-state index in [4.69, 9.17) is 11.6 Å². The van der Waals surface area contributed by atoms with Crippen molar-refractivity contribution in [1.82, 2.24) is 15.2 Å². The monoisotopic (exact) mass is 343 g/mol. The van der Waals surface area contributed by atoms with Gasteiger partial charge in [0.1, 0.15) is 5.82 Å². The molecule has 126 valence electrons. The fourth-order valence-electron chi connectivity index (χ4n) is 2.80. The SMILES string of the molecule is CN=C(NCc1ccc(Cl)cc1)N1CCN(c2ccccn2)CC1. The van der Waals surface area contributed by atoms with Gasteiger partial charge in [-0.05, 0) is 29.8 Å². The van der Waals surface area contributed by atoms with Crippen molar-refractivity contribution in [2.45, 2.75) is 6.54 Å². The van der Waals surface area contributed by atoms with Gasteiger partial charge in [0.2, 0.25) is 0 Å². The molecule has 3 rings (SSSR count). The lowest BCUT2D eigenvalue weighted by Gasteiger charge is -2.37. The average Bonchev–Trinajstić information content (AvgIpc) is 2.65. The standard InChI is InChI=1S/C18H22ClN5/c1-20-18(22-14-15-5-7-16(19)8-6-15)24-12-10-23(11-13-24)17-4-2-3-9-21-17/h2-9H,10-14H2,1H3,(H,20,22). The number of benzene rings is 1. The van der Waals surface area contributed by atoms with E-state index in [-0.39, 0.29) is 0 Å². The van der Waals surface area contributed by atoms with Gasteiger partial charge in [0.25, 0.3) is 0 Å². The number of nitrogens with one attached hydrogen (secondary N) is 1. The molecule has 2 heterocycles. The summed E-state index contributed by atoms with van der Waals surface area (Å²) < 4.78 is 0. The van der Waals surface area contributed by atoms with Gasteiger partial charge < -0.3 is 15.1 Å². The highest BCUT2D eigenvalue weighted by Crippen LogP contribution is 2.13. The Morgan fingerprint density at radius 3 is 2.50 bits per heavy atom. The molecular formula is C18H22ClN5. The number of hydrogen-bond donors (Lipinski definition) is 1. The van der Waals surface area contributed by atoms with Crippen molar-refractivity contribution < 1.29 is 0 Å². The van der Waals surface area contributed by atoms with Crippen molar-refractivity contribution in [3.63, 3.8) is 0 Å². The molecular weight excluding hydrogens is 322 g/mol. The lowest BCUT2D eigenvalue weighted by atomic mass is 10.2. The van der Waals surface area contributed by atoms with Crippen LogP contribution in [0, 0.1) is 0 Å². The number of anilines is 1. The first kappa shape index (κ1) is 16.6. The highest BCUT2D eigenvalue weighted by Gasteiger charge is 2.20. The molecule has 1 saturated heterocycles.